The van der Waals surface area contributed by atoms with Crippen LogP contribution in [-0.4, -0.2) is 4.57 Å². The highest BCUT2D eigenvalue weighted by Gasteiger charge is 2.21. The molecule has 0 bridgehead atoms. The second-order valence-corrected chi connectivity index (χ2v) is 12.6. The molecule has 1 aromatic heterocycles. The molecular formula is C47H26N4. The third-order valence-electron chi connectivity index (χ3n) is 9.88. The van der Waals surface area contributed by atoms with E-state index in [0.29, 0.717) is 28.1 Å². The molecule has 9 aromatic rings. The summed E-state index contributed by atoms with van der Waals surface area (Å²) in [6, 6.07) is 58.1. The highest BCUT2D eigenvalue weighted by atomic mass is 15.0. The van der Waals surface area contributed by atoms with Gasteiger partial charge in [0.25, 0.3) is 0 Å². The van der Waals surface area contributed by atoms with Gasteiger partial charge in [-0.05, 0) is 91.3 Å². The van der Waals surface area contributed by atoms with E-state index in [0.717, 1.165) is 49.3 Å². The van der Waals surface area contributed by atoms with Crippen LogP contribution in [-0.2, 0) is 0 Å². The van der Waals surface area contributed by atoms with Crippen LogP contribution in [0, 0.1) is 29.2 Å². The molecule has 0 aliphatic rings. The van der Waals surface area contributed by atoms with Crippen molar-refractivity contribution >= 4 is 49.0 Å². The fourth-order valence-corrected chi connectivity index (χ4v) is 7.73. The monoisotopic (exact) mass is 646 g/mol. The maximum atomic E-state index is 10.7. The molecule has 1 heterocycles. The van der Waals surface area contributed by atoms with Gasteiger partial charge in [0, 0.05) is 10.8 Å². The number of fused-ring (bicyclic) bond motifs is 5. The van der Waals surface area contributed by atoms with Crippen LogP contribution < -0.4 is 0 Å². The number of rotatable bonds is 4. The first-order valence-corrected chi connectivity index (χ1v) is 16.7. The van der Waals surface area contributed by atoms with Gasteiger partial charge in [0.1, 0.15) is 0 Å². The lowest BCUT2D eigenvalue weighted by Crippen LogP contribution is -1.99. The van der Waals surface area contributed by atoms with E-state index < -0.39 is 0 Å². The summed E-state index contributed by atoms with van der Waals surface area (Å²) in [5.74, 6) is 0. The van der Waals surface area contributed by atoms with Gasteiger partial charge in [0.15, 0.2) is 0 Å². The van der Waals surface area contributed by atoms with Crippen LogP contribution in [0.3, 0.4) is 0 Å². The highest BCUT2D eigenvalue weighted by Crippen LogP contribution is 2.45. The molecule has 0 amide bonds. The van der Waals surface area contributed by atoms with Crippen LogP contribution in [0.15, 0.2) is 158 Å². The maximum absolute atomic E-state index is 10.7. The minimum atomic E-state index is 0.306. The Bertz CT molecular complexity index is 2940. The predicted octanol–water partition coefficient (Wildman–Crippen LogP) is 12.4. The molecule has 0 aliphatic heterocycles. The number of para-hydroxylation sites is 1. The van der Waals surface area contributed by atoms with E-state index in [1.165, 1.54) is 21.9 Å². The van der Waals surface area contributed by atoms with Crippen LogP contribution >= 0.6 is 0 Å². The molecule has 0 radical (unpaired) electrons. The van der Waals surface area contributed by atoms with Gasteiger partial charge in [-0.2, -0.15) is 10.5 Å². The molecule has 0 N–H and O–H groups in total. The summed E-state index contributed by atoms with van der Waals surface area (Å²) in [6.45, 7) is 8.35. The molecule has 9 rings (SSSR count). The molecule has 0 fully saturated rings. The molecule has 0 atom stereocenters. The summed E-state index contributed by atoms with van der Waals surface area (Å²) in [7, 11) is 0. The second-order valence-electron chi connectivity index (χ2n) is 12.6. The Morgan fingerprint density at radius 2 is 1.04 bits per heavy atom. The molecule has 0 aliphatic carbocycles. The van der Waals surface area contributed by atoms with Gasteiger partial charge >= 0.3 is 0 Å². The summed E-state index contributed by atoms with van der Waals surface area (Å²) < 4.78 is 2.03. The van der Waals surface area contributed by atoms with Crippen molar-refractivity contribution in [2.75, 3.05) is 0 Å². The van der Waals surface area contributed by atoms with Crippen LogP contribution in [0.5, 0.6) is 0 Å². The fraction of sp³-hybridized carbons (Fsp3) is 0. The Labute approximate surface area is 294 Å². The van der Waals surface area contributed by atoms with E-state index in [1.807, 2.05) is 71.3 Å². The lowest BCUT2D eigenvalue weighted by molar-refractivity contribution is 1.17. The smallest absolute Gasteiger partial charge is 0.214 e. The first-order valence-electron chi connectivity index (χ1n) is 16.7. The van der Waals surface area contributed by atoms with Crippen molar-refractivity contribution in [2.45, 2.75) is 0 Å². The SMILES string of the molecule is [C-]#[N+]c1c(-c2cccc(-c3c4ccccc4c(-c4ccccc4)c4ccccc34)c2)ccc(-n2c3ccccc3c3cc(C#N)ccc32)c1C#N. The van der Waals surface area contributed by atoms with Crippen molar-refractivity contribution in [3.05, 3.63) is 180 Å². The number of nitriles is 2. The minimum Gasteiger partial charge on any atom is -0.309 e. The van der Waals surface area contributed by atoms with E-state index in [-0.39, 0.29) is 0 Å². The lowest BCUT2D eigenvalue weighted by atomic mass is 9.85. The van der Waals surface area contributed by atoms with E-state index >= 15 is 0 Å². The van der Waals surface area contributed by atoms with Crippen LogP contribution in [0.2, 0.25) is 0 Å². The number of aromatic nitrogens is 1. The van der Waals surface area contributed by atoms with Crippen LogP contribution in [0.1, 0.15) is 11.1 Å². The average molecular weight is 647 g/mol. The van der Waals surface area contributed by atoms with Crippen molar-refractivity contribution in [2.24, 2.45) is 0 Å². The molecule has 0 unspecified atom stereocenters. The summed E-state index contributed by atoms with van der Waals surface area (Å²) in [6.07, 6.45) is 0. The Morgan fingerprint density at radius 3 is 1.69 bits per heavy atom. The highest BCUT2D eigenvalue weighted by molar-refractivity contribution is 6.21. The van der Waals surface area contributed by atoms with Crippen molar-refractivity contribution < 1.29 is 0 Å². The summed E-state index contributed by atoms with van der Waals surface area (Å²) in [5, 5.41) is 26.8. The summed E-state index contributed by atoms with van der Waals surface area (Å²) in [4.78, 5) is 3.99. The molecule has 0 saturated heterocycles. The predicted molar refractivity (Wildman–Crippen MR) is 208 cm³/mol. The summed E-state index contributed by atoms with van der Waals surface area (Å²) in [5.41, 5.74) is 9.70. The maximum Gasteiger partial charge on any atom is 0.214 e. The molecule has 234 valence electrons. The van der Waals surface area contributed by atoms with Gasteiger partial charge < -0.3 is 4.57 Å². The molecule has 4 heteroatoms. The Hall–Kier alpha value is -7.45. The average Bonchev–Trinajstić information content (AvgIpc) is 3.52. The van der Waals surface area contributed by atoms with Gasteiger partial charge in [-0.3, -0.25) is 0 Å². The van der Waals surface area contributed by atoms with E-state index in [2.05, 4.69) is 102 Å². The van der Waals surface area contributed by atoms with Crippen molar-refractivity contribution in [3.8, 4) is 51.2 Å². The third-order valence-corrected chi connectivity index (χ3v) is 9.88. The van der Waals surface area contributed by atoms with Crippen molar-refractivity contribution in [1.82, 2.24) is 4.57 Å². The normalized spacial score (nSPS) is 11.1. The topological polar surface area (TPSA) is 56.9 Å². The number of hydrogen-bond acceptors (Lipinski definition) is 2. The van der Waals surface area contributed by atoms with Gasteiger partial charge in [0.2, 0.25) is 5.69 Å². The molecule has 0 saturated carbocycles. The van der Waals surface area contributed by atoms with Crippen molar-refractivity contribution in [3.63, 3.8) is 0 Å². The standard InChI is InChI=1S/C47H26N4/c1-50-47-34(23-25-44(41(47)29-49)51-42-21-10-9-16-35(42)40-26-30(28-48)22-24-43(40)51)32-14-11-15-33(27-32)46-38-19-7-5-17-36(38)45(31-12-3-2-4-13-31)37-18-6-8-20-39(37)46/h2-27H. The first kappa shape index (κ1) is 29.7. The summed E-state index contributed by atoms with van der Waals surface area (Å²) >= 11 is 0. The Balaban J connectivity index is 1.27. The zero-order valence-corrected chi connectivity index (χ0v) is 27.3. The van der Waals surface area contributed by atoms with Gasteiger partial charge in [-0.15, -0.1) is 0 Å². The van der Waals surface area contributed by atoms with Crippen LogP contribution in [0.4, 0.5) is 5.69 Å². The van der Waals surface area contributed by atoms with E-state index in [9.17, 15) is 10.5 Å². The van der Waals surface area contributed by atoms with E-state index in [1.54, 1.807) is 6.07 Å². The Morgan fingerprint density at radius 1 is 0.471 bits per heavy atom. The Kier molecular flexibility index (Phi) is 6.93. The van der Waals surface area contributed by atoms with Crippen molar-refractivity contribution in [1.29, 1.82) is 10.5 Å². The largest absolute Gasteiger partial charge is 0.309 e. The van der Waals surface area contributed by atoms with E-state index in [4.69, 9.17) is 6.57 Å². The minimum absolute atomic E-state index is 0.306. The van der Waals surface area contributed by atoms with Crippen LogP contribution in [0.25, 0.3) is 87.3 Å². The first-order chi connectivity index (χ1) is 25.2. The number of benzene rings is 8. The van der Waals surface area contributed by atoms with Gasteiger partial charge in [-0.25, -0.2) is 4.85 Å². The molecule has 0 spiro atoms. The van der Waals surface area contributed by atoms with Gasteiger partial charge in [0.05, 0.1) is 46.6 Å². The quantitative estimate of drug-likeness (QED) is 0.141. The third kappa shape index (κ3) is 4.58. The molecule has 51 heavy (non-hydrogen) atoms. The second kappa shape index (κ2) is 11.9. The zero-order chi connectivity index (χ0) is 34.5. The number of nitrogens with zero attached hydrogens (tertiary/aromatic N) is 4. The molecular weight excluding hydrogens is 621 g/mol. The molecule has 4 nitrogen and oxygen atoms in total. The lowest BCUT2D eigenvalue weighted by Gasteiger charge is -2.18. The number of hydrogen-bond donors (Lipinski definition) is 0. The van der Waals surface area contributed by atoms with Gasteiger partial charge in [-0.1, -0.05) is 121 Å². The fourth-order valence-electron chi connectivity index (χ4n) is 7.73. The molecule has 8 aromatic carbocycles. The zero-order valence-electron chi connectivity index (χ0n) is 27.3.